The Balaban J connectivity index is 1.63. The molecule has 27 heavy (non-hydrogen) atoms. The number of nitrogens with zero attached hydrogens (tertiary/aromatic N) is 2. The maximum atomic E-state index is 12.7. The molecule has 0 saturated heterocycles. The van der Waals surface area contributed by atoms with Gasteiger partial charge in [-0.2, -0.15) is 0 Å². The summed E-state index contributed by atoms with van der Waals surface area (Å²) < 4.78 is 2.21. The van der Waals surface area contributed by atoms with Gasteiger partial charge in [-0.05, 0) is 43.2 Å². The summed E-state index contributed by atoms with van der Waals surface area (Å²) in [5, 5.41) is 4.79. The average Bonchev–Trinajstić information content (AvgIpc) is 3.24. The quantitative estimate of drug-likeness (QED) is 0.684. The molecule has 4 nitrogen and oxygen atoms in total. The number of amides is 1. The summed E-state index contributed by atoms with van der Waals surface area (Å²) in [5.41, 5.74) is 5.82. The standard InChI is InChI=1S/C21H20ClN3OS/c1-13-4-3-5-17(14(13)2)20(26)23-12-18-19(15-6-8-16(22)9-7-15)24-21-25(18)10-11-27-21/h3-9H,10-12H2,1-2H3,(H,23,26). The molecule has 4 rings (SSSR count). The van der Waals surface area contributed by atoms with E-state index in [1.165, 1.54) is 0 Å². The van der Waals surface area contributed by atoms with Crippen molar-refractivity contribution in [1.82, 2.24) is 14.9 Å². The van der Waals surface area contributed by atoms with E-state index in [1.807, 2.05) is 56.3 Å². The van der Waals surface area contributed by atoms with Gasteiger partial charge in [0.05, 0.1) is 17.9 Å². The highest BCUT2D eigenvalue weighted by molar-refractivity contribution is 7.99. The first-order valence-electron chi connectivity index (χ1n) is 8.87. The Kier molecular flexibility index (Phi) is 4.98. The van der Waals surface area contributed by atoms with E-state index in [2.05, 4.69) is 9.88 Å². The molecule has 2 heterocycles. The van der Waals surface area contributed by atoms with Crippen molar-refractivity contribution in [3.05, 3.63) is 69.9 Å². The van der Waals surface area contributed by atoms with Crippen LogP contribution in [0.1, 0.15) is 27.2 Å². The molecule has 0 radical (unpaired) electrons. The van der Waals surface area contributed by atoms with E-state index < -0.39 is 0 Å². The number of halogens is 1. The highest BCUT2D eigenvalue weighted by Gasteiger charge is 2.23. The first-order valence-corrected chi connectivity index (χ1v) is 10.2. The number of hydrogen-bond acceptors (Lipinski definition) is 3. The highest BCUT2D eigenvalue weighted by atomic mass is 35.5. The molecule has 138 valence electrons. The van der Waals surface area contributed by atoms with Gasteiger partial charge in [-0.1, -0.05) is 47.6 Å². The maximum absolute atomic E-state index is 12.7. The first-order chi connectivity index (χ1) is 13.0. The number of aryl methyl sites for hydroxylation is 1. The van der Waals surface area contributed by atoms with Crippen molar-refractivity contribution in [3.63, 3.8) is 0 Å². The fraction of sp³-hybridized carbons (Fsp3) is 0.238. The van der Waals surface area contributed by atoms with E-state index in [9.17, 15) is 4.79 Å². The number of imidazole rings is 1. The molecule has 0 saturated carbocycles. The zero-order chi connectivity index (χ0) is 19.0. The first kappa shape index (κ1) is 18.1. The molecule has 1 aliphatic heterocycles. The third kappa shape index (κ3) is 3.49. The monoisotopic (exact) mass is 397 g/mol. The molecule has 1 N–H and O–H groups in total. The second-order valence-electron chi connectivity index (χ2n) is 6.63. The molecule has 3 aromatic rings. The third-order valence-electron chi connectivity index (χ3n) is 4.97. The minimum Gasteiger partial charge on any atom is -0.346 e. The predicted octanol–water partition coefficient (Wildman–Crippen LogP) is 4.86. The molecule has 0 unspecified atom stereocenters. The Labute approximate surface area is 168 Å². The number of carbonyl (C=O) groups is 1. The van der Waals surface area contributed by atoms with Gasteiger partial charge in [0.2, 0.25) is 0 Å². The number of nitrogens with one attached hydrogen (secondary N) is 1. The Hall–Kier alpha value is -2.24. The van der Waals surface area contributed by atoms with E-state index in [1.54, 1.807) is 11.8 Å². The number of aromatic nitrogens is 2. The fourth-order valence-corrected chi connectivity index (χ4v) is 4.40. The van der Waals surface area contributed by atoms with Crippen LogP contribution < -0.4 is 5.32 Å². The van der Waals surface area contributed by atoms with E-state index in [0.29, 0.717) is 11.6 Å². The lowest BCUT2D eigenvalue weighted by Crippen LogP contribution is -2.25. The highest BCUT2D eigenvalue weighted by Crippen LogP contribution is 2.33. The largest absolute Gasteiger partial charge is 0.346 e. The average molecular weight is 398 g/mol. The molecule has 1 aromatic heterocycles. The molecule has 1 amide bonds. The number of hydrogen-bond donors (Lipinski definition) is 1. The molecule has 0 spiro atoms. The number of carbonyl (C=O) groups excluding carboxylic acids is 1. The van der Waals surface area contributed by atoms with E-state index in [0.717, 1.165) is 51.1 Å². The fourth-order valence-electron chi connectivity index (χ4n) is 3.31. The molecule has 0 fully saturated rings. The maximum Gasteiger partial charge on any atom is 0.251 e. The van der Waals surface area contributed by atoms with Gasteiger partial charge in [0.15, 0.2) is 5.16 Å². The molecule has 0 aliphatic carbocycles. The summed E-state index contributed by atoms with van der Waals surface area (Å²) in [6.45, 7) is 5.36. The summed E-state index contributed by atoms with van der Waals surface area (Å²) in [7, 11) is 0. The summed E-state index contributed by atoms with van der Waals surface area (Å²) in [6, 6.07) is 13.5. The van der Waals surface area contributed by atoms with Crippen molar-refractivity contribution >= 4 is 29.3 Å². The molecular formula is C21H20ClN3OS. The minimum absolute atomic E-state index is 0.0561. The zero-order valence-corrected chi connectivity index (χ0v) is 16.8. The van der Waals surface area contributed by atoms with Gasteiger partial charge in [-0.25, -0.2) is 4.98 Å². The Bertz CT molecular complexity index is 1010. The van der Waals surface area contributed by atoms with Crippen molar-refractivity contribution < 1.29 is 4.79 Å². The lowest BCUT2D eigenvalue weighted by molar-refractivity contribution is 0.0949. The topological polar surface area (TPSA) is 46.9 Å². The smallest absolute Gasteiger partial charge is 0.251 e. The van der Waals surface area contributed by atoms with Crippen molar-refractivity contribution in [2.75, 3.05) is 5.75 Å². The zero-order valence-electron chi connectivity index (χ0n) is 15.3. The van der Waals surface area contributed by atoms with Gasteiger partial charge < -0.3 is 9.88 Å². The Morgan fingerprint density at radius 1 is 1.22 bits per heavy atom. The van der Waals surface area contributed by atoms with Gasteiger partial charge in [-0.15, -0.1) is 0 Å². The molecule has 1 aliphatic rings. The van der Waals surface area contributed by atoms with Crippen LogP contribution in [0.4, 0.5) is 0 Å². The second-order valence-corrected chi connectivity index (χ2v) is 8.13. The van der Waals surface area contributed by atoms with Crippen LogP contribution in [0.2, 0.25) is 5.02 Å². The lowest BCUT2D eigenvalue weighted by atomic mass is 10.0. The Morgan fingerprint density at radius 3 is 2.78 bits per heavy atom. The van der Waals surface area contributed by atoms with Crippen LogP contribution in [0.3, 0.4) is 0 Å². The van der Waals surface area contributed by atoms with Crippen LogP contribution in [-0.4, -0.2) is 21.2 Å². The number of benzene rings is 2. The predicted molar refractivity (Wildman–Crippen MR) is 110 cm³/mol. The van der Waals surface area contributed by atoms with Gasteiger partial charge in [-0.3, -0.25) is 4.79 Å². The van der Waals surface area contributed by atoms with Gasteiger partial charge in [0.25, 0.3) is 5.91 Å². The summed E-state index contributed by atoms with van der Waals surface area (Å²) in [4.78, 5) is 17.5. The van der Waals surface area contributed by atoms with Gasteiger partial charge >= 0.3 is 0 Å². The summed E-state index contributed by atoms with van der Waals surface area (Å²) in [6.07, 6.45) is 0. The number of rotatable bonds is 4. The minimum atomic E-state index is -0.0561. The van der Waals surface area contributed by atoms with Crippen molar-refractivity contribution in [3.8, 4) is 11.3 Å². The molecule has 2 aromatic carbocycles. The lowest BCUT2D eigenvalue weighted by Gasteiger charge is -2.12. The summed E-state index contributed by atoms with van der Waals surface area (Å²) >= 11 is 7.77. The van der Waals surface area contributed by atoms with Gasteiger partial charge in [0.1, 0.15) is 0 Å². The number of fused-ring (bicyclic) bond motifs is 1. The third-order valence-corrected chi connectivity index (χ3v) is 6.18. The van der Waals surface area contributed by atoms with Crippen LogP contribution in [0.15, 0.2) is 47.6 Å². The summed E-state index contributed by atoms with van der Waals surface area (Å²) in [5.74, 6) is 0.959. The number of thioether (sulfide) groups is 1. The van der Waals surface area contributed by atoms with Gasteiger partial charge in [0, 0.05) is 28.4 Å². The molecule has 0 bridgehead atoms. The van der Waals surface area contributed by atoms with E-state index >= 15 is 0 Å². The second kappa shape index (κ2) is 7.41. The normalized spacial score (nSPS) is 12.9. The van der Waals surface area contributed by atoms with Crippen molar-refractivity contribution in [2.45, 2.75) is 32.1 Å². The Morgan fingerprint density at radius 2 is 2.00 bits per heavy atom. The van der Waals surface area contributed by atoms with Crippen molar-refractivity contribution in [2.24, 2.45) is 0 Å². The van der Waals surface area contributed by atoms with Crippen LogP contribution in [0, 0.1) is 13.8 Å². The molecule has 6 heteroatoms. The van der Waals surface area contributed by atoms with E-state index in [-0.39, 0.29) is 5.91 Å². The van der Waals surface area contributed by atoms with Crippen LogP contribution in [0.5, 0.6) is 0 Å². The van der Waals surface area contributed by atoms with Crippen LogP contribution in [0.25, 0.3) is 11.3 Å². The van der Waals surface area contributed by atoms with E-state index in [4.69, 9.17) is 16.6 Å². The SMILES string of the molecule is Cc1cccc(C(=O)NCc2c(-c3ccc(Cl)cc3)nc3n2CCS3)c1C. The molecular weight excluding hydrogens is 378 g/mol. The van der Waals surface area contributed by atoms with Crippen molar-refractivity contribution in [1.29, 1.82) is 0 Å². The molecule has 0 atom stereocenters. The van der Waals surface area contributed by atoms with Crippen LogP contribution in [-0.2, 0) is 13.1 Å². The van der Waals surface area contributed by atoms with Crippen LogP contribution >= 0.6 is 23.4 Å².